The average Bonchev–Trinajstić information content (AvgIpc) is 3.05. The van der Waals surface area contributed by atoms with E-state index in [2.05, 4.69) is 31.3 Å². The molecule has 0 saturated heterocycles. The number of rotatable bonds is 6. The molecule has 0 aliphatic carbocycles. The fourth-order valence-electron chi connectivity index (χ4n) is 4.12. The lowest BCUT2D eigenvalue weighted by atomic mass is 10.0. The minimum atomic E-state index is -5.40. The Morgan fingerprint density at radius 2 is 1.80 bits per heavy atom. The van der Waals surface area contributed by atoms with Crippen molar-refractivity contribution in [1.29, 1.82) is 0 Å². The van der Waals surface area contributed by atoms with Gasteiger partial charge < -0.3 is 25.0 Å². The van der Waals surface area contributed by atoms with Crippen LogP contribution < -0.4 is 20.3 Å². The van der Waals surface area contributed by atoms with Crippen LogP contribution in [0.4, 0.5) is 18.9 Å². The van der Waals surface area contributed by atoms with Gasteiger partial charge in [0.2, 0.25) is 5.91 Å². The minimum absolute atomic E-state index is 0.0447. The van der Waals surface area contributed by atoms with Gasteiger partial charge in [0.15, 0.2) is 5.75 Å². The van der Waals surface area contributed by atoms with Crippen LogP contribution in [0.2, 0.25) is 0 Å². The van der Waals surface area contributed by atoms with Gasteiger partial charge >= 0.3 is 18.1 Å². The third-order valence-corrected chi connectivity index (χ3v) is 7.00. The Balaban J connectivity index is 1.79. The second-order valence-electron chi connectivity index (χ2n) is 8.89. The smallest absolute Gasteiger partial charge is 0.488 e. The van der Waals surface area contributed by atoms with Crippen LogP contribution in [0, 0.1) is 0 Å². The number of benzene rings is 3. The van der Waals surface area contributed by atoms with E-state index in [1.165, 1.54) is 17.0 Å². The zero-order valence-electron chi connectivity index (χ0n) is 21.2. The second-order valence-corrected chi connectivity index (χ2v) is 9.74. The van der Waals surface area contributed by atoms with Crippen molar-refractivity contribution in [3.8, 4) is 5.75 Å². The maximum Gasteiger partial charge on any atom is 0.491 e. The lowest BCUT2D eigenvalue weighted by molar-refractivity contribution is -0.193. The summed E-state index contributed by atoms with van der Waals surface area (Å²) in [6, 6.07) is 13.0. The van der Waals surface area contributed by atoms with Gasteiger partial charge in [-0.25, -0.2) is 9.59 Å². The molecule has 0 fully saturated rings. The minimum Gasteiger partial charge on any atom is -0.488 e. The molecule has 0 spiro atoms. The normalized spacial score (nSPS) is 16.0. The van der Waals surface area contributed by atoms with E-state index < -0.39 is 54.2 Å². The number of nitrogens with one attached hydrogen (secondary N) is 2. The van der Waals surface area contributed by atoms with E-state index in [0.717, 1.165) is 21.3 Å². The summed E-state index contributed by atoms with van der Waals surface area (Å²) in [5.74, 6) is -5.65. The summed E-state index contributed by atoms with van der Waals surface area (Å²) >= 11 is 3.51. The summed E-state index contributed by atoms with van der Waals surface area (Å²) in [4.78, 5) is 51.7. The number of nitrogens with zero attached hydrogens (tertiary/aromatic N) is 1. The first-order valence-electron chi connectivity index (χ1n) is 12.0. The van der Waals surface area contributed by atoms with E-state index in [9.17, 15) is 32.3 Å². The maximum absolute atomic E-state index is 13.8. The van der Waals surface area contributed by atoms with E-state index in [-0.39, 0.29) is 18.0 Å². The largest absolute Gasteiger partial charge is 0.491 e. The molecule has 40 heavy (non-hydrogen) atoms. The molecule has 0 bridgehead atoms. The molecule has 3 aromatic carbocycles. The molecule has 2 amide bonds. The van der Waals surface area contributed by atoms with Crippen molar-refractivity contribution < 1.29 is 41.8 Å². The van der Waals surface area contributed by atoms with Crippen LogP contribution in [0.5, 0.6) is 5.75 Å². The number of anilines is 1. The molecule has 0 saturated carbocycles. The highest BCUT2D eigenvalue weighted by atomic mass is 79.9. The molecule has 13 heteroatoms. The Labute approximate surface area is 234 Å². The molecule has 0 unspecified atom stereocenters. The van der Waals surface area contributed by atoms with E-state index in [1.807, 2.05) is 30.3 Å². The van der Waals surface area contributed by atoms with Crippen molar-refractivity contribution in [2.75, 3.05) is 18.6 Å². The number of ether oxygens (including phenoxy) is 2. The lowest BCUT2D eigenvalue weighted by Crippen LogP contribution is -2.53. The monoisotopic (exact) mass is 621 g/mol. The van der Waals surface area contributed by atoms with Gasteiger partial charge in [-0.2, -0.15) is 13.2 Å². The topological polar surface area (TPSA) is 114 Å². The zero-order chi connectivity index (χ0) is 29.2. The Morgan fingerprint density at radius 3 is 2.48 bits per heavy atom. The van der Waals surface area contributed by atoms with E-state index >= 15 is 0 Å². The first-order chi connectivity index (χ1) is 18.9. The number of halogens is 4. The van der Waals surface area contributed by atoms with Crippen molar-refractivity contribution in [1.82, 2.24) is 10.6 Å². The third-order valence-electron chi connectivity index (χ3n) is 6.31. The standard InChI is InChI=1S/C27H23BrF3N3O6/c1-14(32-2)23(35)33-20-13-39-22-18(25(37)40-26(38)27(29,30)31)8-5-9-21(22)34(24(20)36)12-15-10-11-19(28)17-7-4-3-6-16(15)17/h3-11,14,20,32H,12-13H2,1-2H3,(H,33,35)/t14-,20-/m0/s1. The number of hydrogen-bond donors (Lipinski definition) is 2. The van der Waals surface area contributed by atoms with Crippen LogP contribution in [0.15, 0.2) is 59.1 Å². The maximum atomic E-state index is 13.8. The Hall–Kier alpha value is -3.97. The van der Waals surface area contributed by atoms with Crippen molar-refractivity contribution in [2.45, 2.75) is 31.7 Å². The van der Waals surface area contributed by atoms with Crippen molar-refractivity contribution in [2.24, 2.45) is 0 Å². The number of fused-ring (bicyclic) bond motifs is 2. The number of likely N-dealkylation sites (N-methyl/N-ethyl adjacent to an activating group) is 1. The summed E-state index contributed by atoms with van der Waals surface area (Å²) in [6.45, 7) is 1.10. The summed E-state index contributed by atoms with van der Waals surface area (Å²) in [6.07, 6.45) is -5.40. The summed E-state index contributed by atoms with van der Waals surface area (Å²) in [5.41, 5.74) is 0.252. The van der Waals surface area contributed by atoms with Gasteiger partial charge in [-0.05, 0) is 48.5 Å². The summed E-state index contributed by atoms with van der Waals surface area (Å²) in [5, 5.41) is 7.06. The van der Waals surface area contributed by atoms with Crippen molar-refractivity contribution >= 4 is 56.1 Å². The molecule has 210 valence electrons. The van der Waals surface area contributed by atoms with Crippen molar-refractivity contribution in [3.05, 3.63) is 70.2 Å². The predicted octanol–water partition coefficient (Wildman–Crippen LogP) is 3.87. The number of hydrogen-bond acceptors (Lipinski definition) is 7. The van der Waals surface area contributed by atoms with Gasteiger partial charge in [-0.15, -0.1) is 0 Å². The van der Waals surface area contributed by atoms with Gasteiger partial charge in [-0.1, -0.05) is 52.3 Å². The van der Waals surface area contributed by atoms with E-state index in [0.29, 0.717) is 5.56 Å². The number of para-hydroxylation sites is 1. The fourth-order valence-corrected chi connectivity index (χ4v) is 4.60. The second kappa shape index (κ2) is 11.6. The molecule has 1 heterocycles. The molecule has 9 nitrogen and oxygen atoms in total. The van der Waals surface area contributed by atoms with Crippen LogP contribution in [-0.2, 0) is 25.7 Å². The van der Waals surface area contributed by atoms with Crippen LogP contribution in [0.25, 0.3) is 10.8 Å². The van der Waals surface area contributed by atoms with Gasteiger partial charge in [0, 0.05) is 4.47 Å². The zero-order valence-corrected chi connectivity index (χ0v) is 22.8. The SMILES string of the molecule is CN[C@@H](C)C(=O)N[C@H]1COc2c(C(=O)OC(=O)C(F)(F)F)cccc2N(Cc2ccc(Br)c3ccccc23)C1=O. The molecule has 2 atom stereocenters. The highest BCUT2D eigenvalue weighted by Crippen LogP contribution is 2.38. The summed E-state index contributed by atoms with van der Waals surface area (Å²) in [7, 11) is 1.57. The number of alkyl halides is 3. The fraction of sp³-hybridized carbons (Fsp3) is 0.259. The van der Waals surface area contributed by atoms with Gasteiger partial charge in [0.25, 0.3) is 5.91 Å². The summed E-state index contributed by atoms with van der Waals surface area (Å²) < 4.78 is 48.8. The number of amides is 2. The number of carbonyl (C=O) groups is 4. The molecule has 1 aliphatic rings. The van der Waals surface area contributed by atoms with E-state index in [4.69, 9.17) is 4.74 Å². The van der Waals surface area contributed by atoms with Crippen LogP contribution in [0.3, 0.4) is 0 Å². The Morgan fingerprint density at radius 1 is 1.10 bits per heavy atom. The highest BCUT2D eigenvalue weighted by molar-refractivity contribution is 9.10. The molecule has 1 aliphatic heterocycles. The molecule has 2 N–H and O–H groups in total. The quantitative estimate of drug-likeness (QED) is 0.317. The highest BCUT2D eigenvalue weighted by Gasteiger charge is 2.43. The Bertz CT molecular complexity index is 1500. The first kappa shape index (κ1) is 29.0. The Kier molecular flexibility index (Phi) is 8.45. The van der Waals surface area contributed by atoms with Crippen LogP contribution in [-0.4, -0.2) is 55.7 Å². The van der Waals surface area contributed by atoms with Crippen LogP contribution >= 0.6 is 15.9 Å². The van der Waals surface area contributed by atoms with Crippen LogP contribution in [0.1, 0.15) is 22.8 Å². The van der Waals surface area contributed by atoms with Gasteiger partial charge in [0.1, 0.15) is 18.2 Å². The molecular weight excluding hydrogens is 599 g/mol. The average molecular weight is 622 g/mol. The van der Waals surface area contributed by atoms with Crippen molar-refractivity contribution in [3.63, 3.8) is 0 Å². The lowest BCUT2D eigenvalue weighted by Gasteiger charge is -2.26. The molecule has 0 aromatic heterocycles. The third kappa shape index (κ3) is 5.94. The molecule has 3 aromatic rings. The van der Waals surface area contributed by atoms with E-state index in [1.54, 1.807) is 20.0 Å². The number of esters is 2. The number of carbonyl (C=O) groups excluding carboxylic acids is 4. The molecular formula is C27H23BrF3N3O6. The van der Waals surface area contributed by atoms with Gasteiger partial charge in [-0.3, -0.25) is 9.59 Å². The first-order valence-corrected chi connectivity index (χ1v) is 12.8. The van der Waals surface area contributed by atoms with Gasteiger partial charge in [0.05, 0.1) is 18.3 Å². The predicted molar refractivity (Wildman–Crippen MR) is 142 cm³/mol. The molecule has 0 radical (unpaired) electrons. The molecule has 4 rings (SSSR count).